The van der Waals surface area contributed by atoms with Crippen LogP contribution in [0.3, 0.4) is 0 Å². The number of ether oxygens (including phenoxy) is 5. The summed E-state index contributed by atoms with van der Waals surface area (Å²) in [6.07, 6.45) is 5.65. The van der Waals surface area contributed by atoms with Gasteiger partial charge in [0.15, 0.2) is 23.0 Å². The Morgan fingerprint density at radius 3 is 1.96 bits per heavy atom. The molecule has 0 spiro atoms. The summed E-state index contributed by atoms with van der Waals surface area (Å²) >= 11 is 0. The van der Waals surface area contributed by atoms with E-state index in [4.69, 9.17) is 23.7 Å². The van der Waals surface area contributed by atoms with Crippen LogP contribution in [0, 0.1) is 0 Å². The molecule has 0 bridgehead atoms. The van der Waals surface area contributed by atoms with Crippen molar-refractivity contribution in [2.45, 2.75) is 0 Å². The molecule has 0 saturated carbocycles. The fraction of sp³-hybridized carbons (Fsp3) is 0. The highest BCUT2D eigenvalue weighted by molar-refractivity contribution is 5.92. The van der Waals surface area contributed by atoms with Crippen molar-refractivity contribution in [1.82, 2.24) is 0 Å². The lowest BCUT2D eigenvalue weighted by atomic mass is 10.2. The van der Waals surface area contributed by atoms with Crippen LogP contribution in [0.25, 0.3) is 0 Å². The van der Waals surface area contributed by atoms with Crippen LogP contribution in [-0.4, -0.2) is 5.97 Å². The molecule has 0 aliphatic carbocycles. The van der Waals surface area contributed by atoms with Crippen LogP contribution in [0.5, 0.6) is 28.7 Å². The average Bonchev–Trinajstić information content (AvgIpc) is 2.61. The van der Waals surface area contributed by atoms with Crippen LogP contribution in [0.15, 0.2) is 61.4 Å². The second-order valence-corrected chi connectivity index (χ2v) is 4.68. The van der Waals surface area contributed by atoms with Crippen molar-refractivity contribution in [1.29, 1.82) is 0 Å². The molecule has 0 radical (unpaired) electrons. The van der Waals surface area contributed by atoms with Crippen LogP contribution in [0.4, 0.5) is 0 Å². The van der Waals surface area contributed by atoms with Crippen molar-refractivity contribution < 1.29 is 28.5 Å². The number of carbonyl (C=O) groups excluding carboxylic acids is 1. The highest BCUT2D eigenvalue weighted by Gasteiger charge is 2.16. The Morgan fingerprint density at radius 1 is 0.696 bits per heavy atom. The number of esters is 1. The van der Waals surface area contributed by atoms with Gasteiger partial charge in [0.1, 0.15) is 30.8 Å². The third-order valence-electron chi connectivity index (χ3n) is 3.20. The van der Waals surface area contributed by atoms with Gasteiger partial charge in [-0.05, 0) is 30.3 Å². The summed E-state index contributed by atoms with van der Waals surface area (Å²) in [6, 6.07) is 9.67. The molecule has 0 saturated heterocycles. The second kappa shape index (κ2) is 5.42. The average molecular weight is 310 g/mol. The van der Waals surface area contributed by atoms with Crippen molar-refractivity contribution >= 4 is 5.97 Å². The summed E-state index contributed by atoms with van der Waals surface area (Å²) in [5, 5.41) is 0. The maximum Gasteiger partial charge on any atom is 0.343 e. The third kappa shape index (κ3) is 2.57. The number of rotatable bonds is 2. The monoisotopic (exact) mass is 310 g/mol. The summed E-state index contributed by atoms with van der Waals surface area (Å²) in [5.74, 6) is 1.86. The summed E-state index contributed by atoms with van der Waals surface area (Å²) in [4.78, 5) is 12.2. The summed E-state index contributed by atoms with van der Waals surface area (Å²) in [6.45, 7) is 0. The fourth-order valence-corrected chi connectivity index (χ4v) is 2.14. The number of hydrogen-bond donors (Lipinski definition) is 0. The van der Waals surface area contributed by atoms with Crippen LogP contribution < -0.4 is 23.7 Å². The Morgan fingerprint density at radius 2 is 1.26 bits per heavy atom. The van der Waals surface area contributed by atoms with Gasteiger partial charge < -0.3 is 23.7 Å². The van der Waals surface area contributed by atoms with Crippen LogP contribution in [0.2, 0.25) is 0 Å². The lowest BCUT2D eigenvalue weighted by Gasteiger charge is -2.14. The van der Waals surface area contributed by atoms with E-state index in [9.17, 15) is 4.79 Å². The molecule has 0 fully saturated rings. The molecular formula is C17H10O6. The third-order valence-corrected chi connectivity index (χ3v) is 3.20. The number of benzene rings is 2. The molecule has 2 aliphatic rings. The van der Waals surface area contributed by atoms with Gasteiger partial charge in [0, 0.05) is 6.07 Å². The van der Waals surface area contributed by atoms with Crippen LogP contribution in [-0.2, 0) is 0 Å². The minimum atomic E-state index is -0.516. The van der Waals surface area contributed by atoms with Crippen LogP contribution >= 0.6 is 0 Å². The van der Waals surface area contributed by atoms with Gasteiger partial charge in [-0.15, -0.1) is 0 Å². The quantitative estimate of drug-likeness (QED) is 0.626. The fourth-order valence-electron chi connectivity index (χ4n) is 2.14. The van der Waals surface area contributed by atoms with Gasteiger partial charge in [0.05, 0.1) is 5.56 Å². The molecule has 114 valence electrons. The highest BCUT2D eigenvalue weighted by atomic mass is 16.6. The maximum absolute atomic E-state index is 12.2. The number of hydrogen-bond acceptors (Lipinski definition) is 6. The first-order valence-electron chi connectivity index (χ1n) is 6.76. The first-order valence-corrected chi connectivity index (χ1v) is 6.76. The van der Waals surface area contributed by atoms with E-state index in [1.807, 2.05) is 0 Å². The lowest BCUT2D eigenvalue weighted by Crippen LogP contribution is -2.09. The van der Waals surface area contributed by atoms with E-state index in [1.165, 1.54) is 25.0 Å². The van der Waals surface area contributed by atoms with E-state index < -0.39 is 5.97 Å². The molecular weight excluding hydrogens is 300 g/mol. The maximum atomic E-state index is 12.2. The minimum absolute atomic E-state index is 0.345. The number of fused-ring (bicyclic) bond motifs is 2. The topological polar surface area (TPSA) is 63.2 Å². The molecule has 0 unspecified atom stereocenters. The zero-order valence-electron chi connectivity index (χ0n) is 11.7. The predicted molar refractivity (Wildman–Crippen MR) is 78.6 cm³/mol. The normalized spacial score (nSPS) is 13.6. The standard InChI is InChI=1S/C17H10O6/c18-17(11-1-3-13-15(9-11)21-7-5-19-13)23-12-2-4-14-16(10-12)22-8-6-20-14/h1-10H. The molecule has 0 amide bonds. The van der Waals surface area contributed by atoms with Gasteiger partial charge in [-0.25, -0.2) is 4.79 Å². The zero-order chi connectivity index (χ0) is 15.6. The molecule has 2 heterocycles. The van der Waals surface area contributed by atoms with E-state index in [2.05, 4.69) is 0 Å². The SMILES string of the molecule is O=C(Oc1ccc2c(c1)OC=CO2)c1ccc2c(c1)OC=CO2. The van der Waals surface area contributed by atoms with E-state index in [1.54, 1.807) is 36.4 Å². The van der Waals surface area contributed by atoms with Crippen LogP contribution in [0.1, 0.15) is 10.4 Å². The Balaban J connectivity index is 1.54. The highest BCUT2D eigenvalue weighted by Crippen LogP contribution is 2.35. The van der Waals surface area contributed by atoms with E-state index >= 15 is 0 Å². The van der Waals surface area contributed by atoms with Gasteiger partial charge in [-0.2, -0.15) is 0 Å². The molecule has 0 aromatic heterocycles. The van der Waals surface area contributed by atoms with Crippen molar-refractivity contribution in [2.24, 2.45) is 0 Å². The smallest absolute Gasteiger partial charge is 0.343 e. The Labute approximate surface area is 131 Å². The molecule has 0 atom stereocenters. The molecule has 2 aromatic carbocycles. The van der Waals surface area contributed by atoms with Gasteiger partial charge >= 0.3 is 5.97 Å². The minimum Gasteiger partial charge on any atom is -0.458 e. The van der Waals surface area contributed by atoms with Crippen molar-refractivity contribution in [3.05, 3.63) is 67.0 Å². The molecule has 2 aromatic rings. The molecule has 0 N–H and O–H groups in total. The van der Waals surface area contributed by atoms with E-state index in [-0.39, 0.29) is 0 Å². The zero-order valence-corrected chi connectivity index (χ0v) is 11.7. The molecule has 2 aliphatic heterocycles. The summed E-state index contributed by atoms with van der Waals surface area (Å²) in [7, 11) is 0. The van der Waals surface area contributed by atoms with Crippen molar-refractivity contribution in [3.63, 3.8) is 0 Å². The van der Waals surface area contributed by atoms with Gasteiger partial charge in [0.2, 0.25) is 0 Å². The first kappa shape index (κ1) is 13.3. The van der Waals surface area contributed by atoms with Gasteiger partial charge in [0.25, 0.3) is 0 Å². The summed E-state index contributed by atoms with van der Waals surface area (Å²) in [5.41, 5.74) is 0.345. The molecule has 4 rings (SSSR count). The largest absolute Gasteiger partial charge is 0.458 e. The Hall–Kier alpha value is -3.41. The van der Waals surface area contributed by atoms with Gasteiger partial charge in [-0.1, -0.05) is 0 Å². The number of carbonyl (C=O) groups is 1. The van der Waals surface area contributed by atoms with Gasteiger partial charge in [-0.3, -0.25) is 0 Å². The van der Waals surface area contributed by atoms with Crippen molar-refractivity contribution in [2.75, 3.05) is 0 Å². The molecule has 23 heavy (non-hydrogen) atoms. The molecule has 6 nitrogen and oxygen atoms in total. The second-order valence-electron chi connectivity index (χ2n) is 4.68. The Bertz CT molecular complexity index is 837. The first-order chi connectivity index (χ1) is 11.3. The van der Waals surface area contributed by atoms with E-state index in [0.717, 1.165) is 0 Å². The summed E-state index contributed by atoms with van der Waals surface area (Å²) < 4.78 is 26.4. The van der Waals surface area contributed by atoms with Crippen molar-refractivity contribution in [3.8, 4) is 28.7 Å². The molecule has 6 heteroatoms. The van der Waals surface area contributed by atoms with E-state index in [0.29, 0.717) is 34.3 Å². The predicted octanol–water partition coefficient (Wildman–Crippen LogP) is 3.39. The Kier molecular flexibility index (Phi) is 3.12. The lowest BCUT2D eigenvalue weighted by molar-refractivity contribution is 0.0734.